The van der Waals surface area contributed by atoms with Gasteiger partial charge in [0, 0.05) is 19.0 Å². The second-order valence-electron chi connectivity index (χ2n) is 7.26. The predicted octanol–water partition coefficient (Wildman–Crippen LogP) is 2.84. The van der Waals surface area contributed by atoms with E-state index in [1.165, 1.54) is 17.1 Å². The van der Waals surface area contributed by atoms with Crippen molar-refractivity contribution in [1.29, 1.82) is 0 Å². The summed E-state index contributed by atoms with van der Waals surface area (Å²) in [5, 5.41) is 3.98. The van der Waals surface area contributed by atoms with Crippen LogP contribution in [0, 0.1) is 17.6 Å². The van der Waals surface area contributed by atoms with Gasteiger partial charge in [-0.1, -0.05) is 5.16 Å². The first kappa shape index (κ1) is 19.4. The molecule has 0 bridgehead atoms. The lowest BCUT2D eigenvalue weighted by Crippen LogP contribution is -2.38. The molecular formula is C18H21F2N3O4S. The van der Waals surface area contributed by atoms with Gasteiger partial charge in [-0.15, -0.1) is 0 Å². The first-order chi connectivity index (χ1) is 13.4. The van der Waals surface area contributed by atoms with Gasteiger partial charge in [0.25, 0.3) is 5.89 Å². The molecule has 28 heavy (non-hydrogen) atoms. The second-order valence-corrected chi connectivity index (χ2v) is 9.16. The van der Waals surface area contributed by atoms with Crippen LogP contribution in [0.2, 0.25) is 0 Å². The summed E-state index contributed by atoms with van der Waals surface area (Å²) in [5.74, 6) is -0.219. The molecule has 2 aromatic rings. The summed E-state index contributed by atoms with van der Waals surface area (Å²) in [4.78, 5) is 3.70. The molecule has 1 aromatic heterocycles. The highest BCUT2D eigenvalue weighted by Crippen LogP contribution is 2.31. The molecule has 0 atom stereocenters. The number of hydrogen-bond acceptors (Lipinski definition) is 6. The highest BCUT2D eigenvalue weighted by molar-refractivity contribution is 7.89. The monoisotopic (exact) mass is 413 g/mol. The Morgan fingerprint density at radius 1 is 1.18 bits per heavy atom. The number of halogens is 2. The number of benzene rings is 1. The number of piperidine rings is 1. The predicted molar refractivity (Wildman–Crippen MR) is 93.8 cm³/mol. The van der Waals surface area contributed by atoms with Gasteiger partial charge in [0.1, 0.15) is 23.1 Å². The van der Waals surface area contributed by atoms with E-state index in [1.54, 1.807) is 0 Å². The van der Waals surface area contributed by atoms with Gasteiger partial charge < -0.3 is 9.26 Å². The molecule has 4 rings (SSSR count). The molecule has 1 aliphatic carbocycles. The first-order valence-corrected chi connectivity index (χ1v) is 10.7. The van der Waals surface area contributed by atoms with Crippen molar-refractivity contribution < 1.29 is 26.5 Å². The zero-order valence-electron chi connectivity index (χ0n) is 15.2. The summed E-state index contributed by atoms with van der Waals surface area (Å²) < 4.78 is 64.5. The van der Waals surface area contributed by atoms with E-state index in [0.29, 0.717) is 43.1 Å². The van der Waals surface area contributed by atoms with E-state index in [2.05, 4.69) is 10.1 Å². The van der Waals surface area contributed by atoms with E-state index in [1.807, 2.05) is 0 Å². The molecule has 2 aliphatic rings. The molecule has 2 fully saturated rings. The Bertz CT molecular complexity index is 938. The lowest BCUT2D eigenvalue weighted by Gasteiger charge is -2.29. The highest BCUT2D eigenvalue weighted by Gasteiger charge is 2.33. The van der Waals surface area contributed by atoms with Crippen LogP contribution in [0.3, 0.4) is 0 Å². The Hall–Kier alpha value is -1.91. The van der Waals surface area contributed by atoms with Gasteiger partial charge in [-0.2, -0.15) is 9.29 Å². The maximum atomic E-state index is 13.9. The van der Waals surface area contributed by atoms with Gasteiger partial charge in [0.05, 0.1) is 6.61 Å². The van der Waals surface area contributed by atoms with Gasteiger partial charge >= 0.3 is 0 Å². The van der Waals surface area contributed by atoms with Crippen molar-refractivity contribution in [3.8, 4) is 0 Å². The standard InChI is InChI=1S/C18H21F2N3O4S/c19-14-3-4-15(20)16(9-14)28(24,25)23-7-5-13(6-8-23)18-21-17(27-22-18)11-26-10-12-1-2-12/h3-4,9,12-13H,1-2,5-8,10-11H2. The van der Waals surface area contributed by atoms with Crippen LogP contribution in [-0.2, 0) is 21.4 Å². The molecule has 7 nitrogen and oxygen atoms in total. The Morgan fingerprint density at radius 3 is 2.64 bits per heavy atom. The summed E-state index contributed by atoms with van der Waals surface area (Å²) in [6.45, 7) is 1.32. The van der Waals surface area contributed by atoms with Crippen LogP contribution in [0.1, 0.15) is 43.3 Å². The van der Waals surface area contributed by atoms with Crippen LogP contribution in [0.15, 0.2) is 27.6 Å². The van der Waals surface area contributed by atoms with Crippen LogP contribution < -0.4 is 0 Å². The minimum absolute atomic E-state index is 0.0512. The van der Waals surface area contributed by atoms with Crippen LogP contribution in [0.25, 0.3) is 0 Å². The van der Waals surface area contributed by atoms with Crippen LogP contribution >= 0.6 is 0 Å². The Labute approximate surface area is 161 Å². The normalized spacial score (nSPS) is 19.2. The van der Waals surface area contributed by atoms with Gasteiger partial charge in [0.2, 0.25) is 10.0 Å². The van der Waals surface area contributed by atoms with Crippen LogP contribution in [0.4, 0.5) is 8.78 Å². The zero-order chi connectivity index (χ0) is 19.7. The third kappa shape index (κ3) is 4.23. The summed E-state index contributed by atoms with van der Waals surface area (Å²) in [6.07, 6.45) is 3.35. The van der Waals surface area contributed by atoms with E-state index in [0.717, 1.165) is 12.1 Å². The highest BCUT2D eigenvalue weighted by atomic mass is 32.2. The van der Waals surface area contributed by atoms with E-state index < -0.39 is 26.6 Å². The molecule has 0 amide bonds. The Balaban J connectivity index is 1.36. The second kappa shape index (κ2) is 7.84. The lowest BCUT2D eigenvalue weighted by atomic mass is 9.98. The molecular weight excluding hydrogens is 392 g/mol. The van der Waals surface area contributed by atoms with Gasteiger partial charge in [-0.3, -0.25) is 0 Å². The van der Waals surface area contributed by atoms with Crippen molar-refractivity contribution in [2.45, 2.75) is 43.1 Å². The van der Waals surface area contributed by atoms with Crippen molar-refractivity contribution in [3.63, 3.8) is 0 Å². The molecule has 0 spiro atoms. The van der Waals surface area contributed by atoms with Crippen LogP contribution in [-0.4, -0.2) is 42.6 Å². The minimum Gasteiger partial charge on any atom is -0.371 e. The summed E-state index contributed by atoms with van der Waals surface area (Å²) >= 11 is 0. The van der Waals surface area contributed by atoms with E-state index in [4.69, 9.17) is 9.26 Å². The molecule has 1 saturated carbocycles. The van der Waals surface area contributed by atoms with Crippen molar-refractivity contribution in [2.24, 2.45) is 5.92 Å². The largest absolute Gasteiger partial charge is 0.371 e. The number of sulfonamides is 1. The summed E-state index contributed by atoms with van der Waals surface area (Å²) in [7, 11) is -4.10. The van der Waals surface area contributed by atoms with Gasteiger partial charge in [-0.25, -0.2) is 17.2 Å². The molecule has 0 unspecified atom stereocenters. The summed E-state index contributed by atoms with van der Waals surface area (Å²) in [6, 6.07) is 2.42. The fourth-order valence-corrected chi connectivity index (χ4v) is 4.80. The fraction of sp³-hybridized carbons (Fsp3) is 0.556. The molecule has 0 radical (unpaired) electrons. The van der Waals surface area contributed by atoms with Gasteiger partial charge in [0.15, 0.2) is 5.82 Å². The molecule has 1 aliphatic heterocycles. The van der Waals surface area contributed by atoms with Crippen molar-refractivity contribution >= 4 is 10.0 Å². The molecule has 1 aromatic carbocycles. The molecule has 152 valence electrons. The van der Waals surface area contributed by atoms with Crippen molar-refractivity contribution in [3.05, 3.63) is 41.5 Å². The molecule has 1 saturated heterocycles. The maximum Gasteiger partial charge on any atom is 0.252 e. The fourth-order valence-electron chi connectivity index (χ4n) is 3.26. The quantitative estimate of drug-likeness (QED) is 0.694. The number of nitrogens with zero attached hydrogens (tertiary/aromatic N) is 3. The van der Waals surface area contributed by atoms with E-state index in [9.17, 15) is 17.2 Å². The van der Waals surface area contributed by atoms with E-state index >= 15 is 0 Å². The summed E-state index contributed by atoms with van der Waals surface area (Å²) in [5.41, 5.74) is 0. The SMILES string of the molecule is O=S(=O)(c1cc(F)ccc1F)N1CCC(c2noc(COCC3CC3)n2)CC1. The lowest BCUT2D eigenvalue weighted by molar-refractivity contribution is 0.0894. The van der Waals surface area contributed by atoms with Crippen LogP contribution in [0.5, 0.6) is 0 Å². The van der Waals surface area contributed by atoms with E-state index in [-0.39, 0.29) is 25.6 Å². The number of aromatic nitrogens is 2. The minimum atomic E-state index is -4.10. The van der Waals surface area contributed by atoms with Gasteiger partial charge in [-0.05, 0) is 49.8 Å². The first-order valence-electron chi connectivity index (χ1n) is 9.29. The Kier molecular flexibility index (Phi) is 5.44. The maximum absolute atomic E-state index is 13.9. The molecule has 10 heteroatoms. The molecule has 0 N–H and O–H groups in total. The number of hydrogen-bond donors (Lipinski definition) is 0. The van der Waals surface area contributed by atoms with Crippen molar-refractivity contribution in [1.82, 2.24) is 14.4 Å². The zero-order valence-corrected chi connectivity index (χ0v) is 16.0. The van der Waals surface area contributed by atoms with Crippen molar-refractivity contribution in [2.75, 3.05) is 19.7 Å². The number of ether oxygens (including phenoxy) is 1. The topological polar surface area (TPSA) is 85.5 Å². The third-order valence-electron chi connectivity index (χ3n) is 5.09. The number of rotatable bonds is 7. The smallest absolute Gasteiger partial charge is 0.252 e. The average molecular weight is 413 g/mol. The Morgan fingerprint density at radius 2 is 1.93 bits per heavy atom. The third-order valence-corrected chi connectivity index (χ3v) is 7.00. The molecule has 2 heterocycles. The average Bonchev–Trinajstić information content (AvgIpc) is 3.39.